The Hall–Kier alpha value is -2.39. The second-order valence-corrected chi connectivity index (χ2v) is 9.82. The number of hydrogen-bond donors (Lipinski definition) is 1. The zero-order chi connectivity index (χ0) is 25.5. The summed E-state index contributed by atoms with van der Waals surface area (Å²) in [7, 11) is 1.58. The van der Waals surface area contributed by atoms with Gasteiger partial charge in [0, 0.05) is 46.1 Å². The first-order valence-electron chi connectivity index (χ1n) is 11.5. The van der Waals surface area contributed by atoms with Crippen molar-refractivity contribution in [3.05, 3.63) is 34.6 Å². The van der Waals surface area contributed by atoms with E-state index in [1.807, 2.05) is 0 Å². The number of aryl methyl sites for hydroxylation is 1. The van der Waals surface area contributed by atoms with Crippen molar-refractivity contribution >= 4 is 29.5 Å². The zero-order valence-electron chi connectivity index (χ0n) is 20.4. The van der Waals surface area contributed by atoms with Crippen LogP contribution < -0.4 is 0 Å². The maximum Gasteiger partial charge on any atom is 0.410 e. The number of nitrogens with zero attached hydrogens (tertiary/aromatic N) is 3. The van der Waals surface area contributed by atoms with Gasteiger partial charge in [0.05, 0.1) is 17.7 Å². The number of benzene rings is 1. The molecule has 8 nitrogen and oxygen atoms in total. The van der Waals surface area contributed by atoms with Gasteiger partial charge in [0.2, 0.25) is 11.8 Å². The van der Waals surface area contributed by atoms with Gasteiger partial charge < -0.3 is 24.5 Å². The van der Waals surface area contributed by atoms with E-state index in [0.29, 0.717) is 38.2 Å². The molecule has 10 heteroatoms. The largest absolute Gasteiger partial charge is 0.444 e. The highest BCUT2D eigenvalue weighted by Gasteiger charge is 2.28. The van der Waals surface area contributed by atoms with Crippen molar-refractivity contribution in [3.8, 4) is 0 Å². The predicted octanol–water partition coefficient (Wildman–Crippen LogP) is 3.09. The summed E-state index contributed by atoms with van der Waals surface area (Å²) in [5.74, 6) is -0.842. The maximum atomic E-state index is 13.6. The van der Waals surface area contributed by atoms with Gasteiger partial charge in [-0.1, -0.05) is 23.7 Å². The summed E-state index contributed by atoms with van der Waals surface area (Å²) in [6, 6.07) is 3.96. The van der Waals surface area contributed by atoms with Crippen molar-refractivity contribution in [3.63, 3.8) is 0 Å². The fourth-order valence-electron chi connectivity index (χ4n) is 3.68. The first-order chi connectivity index (χ1) is 15.9. The van der Waals surface area contributed by atoms with Crippen molar-refractivity contribution in [2.45, 2.75) is 58.1 Å². The average Bonchev–Trinajstić information content (AvgIpc) is 2.78. The van der Waals surface area contributed by atoms with Gasteiger partial charge >= 0.3 is 6.09 Å². The van der Waals surface area contributed by atoms with Crippen LogP contribution in [0.3, 0.4) is 0 Å². The molecule has 1 aliphatic rings. The number of carbonyl (C=O) groups is 3. The minimum absolute atomic E-state index is 0.00836. The van der Waals surface area contributed by atoms with Gasteiger partial charge in [0.15, 0.2) is 0 Å². The quantitative estimate of drug-likeness (QED) is 0.593. The molecule has 1 saturated heterocycles. The molecule has 1 aliphatic heterocycles. The minimum Gasteiger partial charge on any atom is -0.444 e. The number of halogens is 2. The maximum absolute atomic E-state index is 13.6. The molecule has 1 aromatic carbocycles. The smallest absolute Gasteiger partial charge is 0.410 e. The zero-order valence-corrected chi connectivity index (χ0v) is 21.1. The summed E-state index contributed by atoms with van der Waals surface area (Å²) in [5, 5.41) is 9.78. The normalized spacial score (nSPS) is 15.1. The van der Waals surface area contributed by atoms with Crippen LogP contribution >= 0.6 is 11.6 Å². The molecule has 1 atom stereocenters. The van der Waals surface area contributed by atoms with E-state index in [2.05, 4.69) is 0 Å². The van der Waals surface area contributed by atoms with Crippen LogP contribution in [0, 0.1) is 5.82 Å². The average molecular weight is 500 g/mol. The van der Waals surface area contributed by atoms with E-state index < -0.39 is 17.5 Å². The first kappa shape index (κ1) is 27.9. The number of likely N-dealkylation sites (N-methyl/N-ethyl adjacent to an activating group) is 1. The number of rotatable bonds is 8. The van der Waals surface area contributed by atoms with Crippen LogP contribution in [0.15, 0.2) is 18.2 Å². The Balaban J connectivity index is 1.79. The van der Waals surface area contributed by atoms with Gasteiger partial charge in [-0.25, -0.2) is 9.18 Å². The molecule has 1 aromatic rings. The van der Waals surface area contributed by atoms with Gasteiger partial charge in [-0.3, -0.25) is 9.59 Å². The van der Waals surface area contributed by atoms with E-state index in [4.69, 9.17) is 16.3 Å². The second kappa shape index (κ2) is 12.4. The third-order valence-electron chi connectivity index (χ3n) is 5.77. The third kappa shape index (κ3) is 8.13. The summed E-state index contributed by atoms with van der Waals surface area (Å²) in [6.45, 7) is 6.75. The van der Waals surface area contributed by atoms with Crippen LogP contribution in [-0.4, -0.2) is 89.2 Å². The van der Waals surface area contributed by atoms with Gasteiger partial charge in [-0.05, 0) is 45.2 Å². The van der Waals surface area contributed by atoms with Gasteiger partial charge in [0.1, 0.15) is 11.4 Å². The molecule has 0 aliphatic carbocycles. The van der Waals surface area contributed by atoms with Crippen LogP contribution in [0.4, 0.5) is 9.18 Å². The molecule has 0 spiro atoms. The van der Waals surface area contributed by atoms with Gasteiger partial charge in [-0.2, -0.15) is 0 Å². The van der Waals surface area contributed by atoms with Gasteiger partial charge in [0.25, 0.3) is 0 Å². The SMILES string of the molecule is CN(C(=O)CCc1cccc(F)c1Cl)[C@H](CO)CCC(=O)N1CCN(C(=O)OC(C)(C)C)CC1. The molecule has 34 heavy (non-hydrogen) atoms. The number of aliphatic hydroxyl groups excluding tert-OH is 1. The lowest BCUT2D eigenvalue weighted by atomic mass is 10.1. The molecule has 3 amide bonds. The molecule has 1 fully saturated rings. The second-order valence-electron chi connectivity index (χ2n) is 9.44. The lowest BCUT2D eigenvalue weighted by Gasteiger charge is -2.36. The van der Waals surface area contributed by atoms with E-state index >= 15 is 0 Å². The summed E-state index contributed by atoms with van der Waals surface area (Å²) >= 11 is 5.95. The Labute approximate surface area is 205 Å². The summed E-state index contributed by atoms with van der Waals surface area (Å²) < 4.78 is 18.9. The standard InChI is InChI=1S/C24H35ClFN3O5/c1-24(2,3)34-23(33)29-14-12-28(13-15-29)21(32)11-9-18(16-30)27(4)20(31)10-8-17-6-5-7-19(26)22(17)25/h5-7,18,30H,8-16H2,1-4H3/t18-/m0/s1. The van der Waals surface area contributed by atoms with Crippen molar-refractivity contribution < 1.29 is 28.6 Å². The number of piperazine rings is 1. The van der Waals surface area contributed by atoms with E-state index in [0.717, 1.165) is 0 Å². The molecule has 0 saturated carbocycles. The lowest BCUT2D eigenvalue weighted by Crippen LogP contribution is -2.51. The molecule has 0 bridgehead atoms. The van der Waals surface area contributed by atoms with Crippen molar-refractivity contribution in [2.75, 3.05) is 39.8 Å². The fourth-order valence-corrected chi connectivity index (χ4v) is 3.90. The Morgan fingerprint density at radius 2 is 1.76 bits per heavy atom. The Morgan fingerprint density at radius 1 is 1.15 bits per heavy atom. The molecule has 0 radical (unpaired) electrons. The predicted molar refractivity (Wildman–Crippen MR) is 127 cm³/mol. The van der Waals surface area contributed by atoms with Crippen LogP contribution in [0.5, 0.6) is 0 Å². The van der Waals surface area contributed by atoms with Crippen LogP contribution in [0.25, 0.3) is 0 Å². The van der Waals surface area contributed by atoms with Crippen molar-refractivity contribution in [2.24, 2.45) is 0 Å². The van der Waals surface area contributed by atoms with E-state index in [9.17, 15) is 23.9 Å². The lowest BCUT2D eigenvalue weighted by molar-refractivity contribution is -0.136. The third-order valence-corrected chi connectivity index (χ3v) is 6.19. The number of aliphatic hydroxyl groups is 1. The van der Waals surface area contributed by atoms with Crippen LogP contribution in [0.2, 0.25) is 5.02 Å². The number of hydrogen-bond acceptors (Lipinski definition) is 5. The molecule has 0 aromatic heterocycles. The molecule has 0 unspecified atom stereocenters. The summed E-state index contributed by atoms with van der Waals surface area (Å²) in [6.07, 6.45) is 0.477. The van der Waals surface area contributed by atoms with Crippen molar-refractivity contribution in [1.82, 2.24) is 14.7 Å². The summed E-state index contributed by atoms with van der Waals surface area (Å²) in [5.41, 5.74) is -0.0271. The van der Waals surface area contributed by atoms with E-state index in [-0.39, 0.29) is 48.8 Å². The molecular formula is C24H35ClFN3O5. The highest BCUT2D eigenvalue weighted by Crippen LogP contribution is 2.21. The first-order valence-corrected chi connectivity index (χ1v) is 11.9. The number of ether oxygens (including phenoxy) is 1. The number of amides is 3. The minimum atomic E-state index is -0.573. The molecule has 1 heterocycles. The summed E-state index contributed by atoms with van der Waals surface area (Å²) in [4.78, 5) is 42.1. The molecule has 2 rings (SSSR count). The van der Waals surface area contributed by atoms with E-state index in [1.54, 1.807) is 49.8 Å². The molecular weight excluding hydrogens is 465 g/mol. The highest BCUT2D eigenvalue weighted by atomic mass is 35.5. The van der Waals surface area contributed by atoms with Gasteiger partial charge in [-0.15, -0.1) is 0 Å². The Bertz CT molecular complexity index is 869. The van der Waals surface area contributed by atoms with E-state index in [1.165, 1.54) is 11.0 Å². The fraction of sp³-hybridized carbons (Fsp3) is 0.625. The van der Waals surface area contributed by atoms with Crippen LogP contribution in [0.1, 0.15) is 45.6 Å². The Kier molecular flexibility index (Phi) is 10.1. The van der Waals surface area contributed by atoms with Crippen LogP contribution in [-0.2, 0) is 20.7 Å². The topological polar surface area (TPSA) is 90.4 Å². The molecule has 190 valence electrons. The monoisotopic (exact) mass is 499 g/mol. The Morgan fingerprint density at radius 3 is 2.35 bits per heavy atom. The highest BCUT2D eigenvalue weighted by molar-refractivity contribution is 6.31. The van der Waals surface area contributed by atoms with Crippen molar-refractivity contribution in [1.29, 1.82) is 0 Å². The number of carbonyl (C=O) groups excluding carboxylic acids is 3. The molecule has 1 N–H and O–H groups in total.